The van der Waals surface area contributed by atoms with E-state index in [-0.39, 0.29) is 23.6 Å². The van der Waals surface area contributed by atoms with Crippen LogP contribution in [0.5, 0.6) is 11.5 Å². The Morgan fingerprint density at radius 2 is 1.95 bits per heavy atom. The summed E-state index contributed by atoms with van der Waals surface area (Å²) in [4.78, 5) is 11.5. The number of hydrogen-bond acceptors (Lipinski definition) is 4. The van der Waals surface area contributed by atoms with Crippen LogP contribution in [-0.4, -0.2) is 18.2 Å². The number of carboxylic acid groups (broad SMARTS) is 1. The van der Waals surface area contributed by atoms with Gasteiger partial charge in [0.05, 0.1) is 12.8 Å². The number of benzene rings is 2. The molecule has 0 aromatic heterocycles. The summed E-state index contributed by atoms with van der Waals surface area (Å²) >= 11 is 0. The lowest BCUT2D eigenvalue weighted by Crippen LogP contribution is -2.09. The maximum atomic E-state index is 11.5. The first kappa shape index (κ1) is 14.7. The fraction of sp³-hybridized carbons (Fsp3) is 0.188. The van der Waals surface area contributed by atoms with Crippen molar-refractivity contribution < 1.29 is 19.4 Å². The maximum absolute atomic E-state index is 11.5. The number of nitrogen functional groups attached to an aromatic ring is 1. The predicted molar refractivity (Wildman–Crippen MR) is 79.9 cm³/mol. The molecule has 21 heavy (non-hydrogen) atoms. The van der Waals surface area contributed by atoms with Gasteiger partial charge in [0, 0.05) is 11.6 Å². The van der Waals surface area contributed by atoms with Gasteiger partial charge >= 0.3 is 5.97 Å². The quantitative estimate of drug-likeness (QED) is 0.826. The molecule has 5 nitrogen and oxygen atoms in total. The van der Waals surface area contributed by atoms with Gasteiger partial charge in [-0.15, -0.1) is 0 Å². The Morgan fingerprint density at radius 3 is 2.52 bits per heavy atom. The Kier molecular flexibility index (Phi) is 4.33. The van der Waals surface area contributed by atoms with Crippen molar-refractivity contribution in [3.05, 3.63) is 53.1 Å². The Morgan fingerprint density at radius 1 is 1.29 bits per heavy atom. The van der Waals surface area contributed by atoms with Crippen molar-refractivity contribution in [1.82, 2.24) is 0 Å². The van der Waals surface area contributed by atoms with Crippen molar-refractivity contribution in [2.24, 2.45) is 0 Å². The number of rotatable bonds is 5. The molecule has 0 saturated carbocycles. The van der Waals surface area contributed by atoms with E-state index in [4.69, 9.17) is 15.2 Å². The number of hydrogen-bond donors (Lipinski definition) is 2. The van der Waals surface area contributed by atoms with Gasteiger partial charge in [0.15, 0.2) is 5.75 Å². The van der Waals surface area contributed by atoms with Gasteiger partial charge in [0.2, 0.25) is 0 Å². The van der Waals surface area contributed by atoms with Crippen LogP contribution in [0, 0.1) is 6.92 Å². The molecule has 0 saturated heterocycles. The van der Waals surface area contributed by atoms with Crippen LogP contribution < -0.4 is 15.2 Å². The highest BCUT2D eigenvalue weighted by Gasteiger charge is 2.21. The van der Waals surface area contributed by atoms with Gasteiger partial charge in [0.1, 0.15) is 17.9 Å². The summed E-state index contributed by atoms with van der Waals surface area (Å²) in [7, 11) is 1.47. The fourth-order valence-corrected chi connectivity index (χ4v) is 2.11. The molecule has 0 aliphatic carbocycles. The van der Waals surface area contributed by atoms with Gasteiger partial charge in [-0.25, -0.2) is 4.79 Å². The van der Waals surface area contributed by atoms with E-state index < -0.39 is 5.97 Å². The monoisotopic (exact) mass is 287 g/mol. The number of anilines is 1. The summed E-state index contributed by atoms with van der Waals surface area (Å²) in [6, 6.07) is 11.0. The van der Waals surface area contributed by atoms with Gasteiger partial charge in [-0.1, -0.05) is 30.3 Å². The smallest absolute Gasteiger partial charge is 0.339 e. The van der Waals surface area contributed by atoms with E-state index in [9.17, 15) is 9.90 Å². The average molecular weight is 287 g/mol. The first-order chi connectivity index (χ1) is 10.0. The number of aromatic carboxylic acids is 1. The van der Waals surface area contributed by atoms with Crippen LogP contribution in [0.15, 0.2) is 36.4 Å². The van der Waals surface area contributed by atoms with E-state index in [0.29, 0.717) is 11.3 Å². The zero-order valence-corrected chi connectivity index (χ0v) is 11.9. The molecule has 0 aliphatic rings. The SMILES string of the molecule is COc1cc(N)c(OCc2ccccc2)c(C(=O)O)c1C. The van der Waals surface area contributed by atoms with Gasteiger partial charge in [0.25, 0.3) is 0 Å². The average Bonchev–Trinajstić information content (AvgIpc) is 2.48. The van der Waals surface area contributed by atoms with Crippen LogP contribution >= 0.6 is 0 Å². The summed E-state index contributed by atoms with van der Waals surface area (Å²) in [6.07, 6.45) is 0. The number of methoxy groups -OCH3 is 1. The molecule has 0 unspecified atom stereocenters. The molecule has 0 atom stereocenters. The molecule has 0 amide bonds. The largest absolute Gasteiger partial charge is 0.496 e. The molecule has 2 rings (SSSR count). The zero-order chi connectivity index (χ0) is 15.4. The van der Waals surface area contributed by atoms with Crippen LogP contribution in [0.1, 0.15) is 21.5 Å². The minimum absolute atomic E-state index is 0.0304. The van der Waals surface area contributed by atoms with E-state index in [2.05, 4.69) is 0 Å². The fourth-order valence-electron chi connectivity index (χ4n) is 2.11. The summed E-state index contributed by atoms with van der Waals surface area (Å²) in [5.41, 5.74) is 7.59. The topological polar surface area (TPSA) is 81.8 Å². The normalized spacial score (nSPS) is 10.2. The highest BCUT2D eigenvalue weighted by Crippen LogP contribution is 2.36. The summed E-state index contributed by atoms with van der Waals surface area (Å²) < 4.78 is 10.8. The van der Waals surface area contributed by atoms with Crippen molar-refractivity contribution in [3.63, 3.8) is 0 Å². The molecule has 2 aromatic carbocycles. The second-order valence-corrected chi connectivity index (χ2v) is 4.58. The second kappa shape index (κ2) is 6.17. The van der Waals surface area contributed by atoms with Crippen LogP contribution in [0.2, 0.25) is 0 Å². The maximum Gasteiger partial charge on any atom is 0.339 e. The molecule has 2 aromatic rings. The molecular weight excluding hydrogens is 270 g/mol. The molecule has 0 spiro atoms. The first-order valence-corrected chi connectivity index (χ1v) is 6.41. The summed E-state index contributed by atoms with van der Waals surface area (Å²) in [6.45, 7) is 1.91. The third kappa shape index (κ3) is 3.08. The number of nitrogens with two attached hydrogens (primary N) is 1. The lowest BCUT2D eigenvalue weighted by Gasteiger charge is -2.16. The van der Waals surface area contributed by atoms with Crippen molar-refractivity contribution in [2.75, 3.05) is 12.8 Å². The van der Waals surface area contributed by atoms with E-state index in [0.717, 1.165) is 5.56 Å². The van der Waals surface area contributed by atoms with Gasteiger partial charge < -0.3 is 20.3 Å². The van der Waals surface area contributed by atoms with Gasteiger partial charge in [-0.2, -0.15) is 0 Å². The lowest BCUT2D eigenvalue weighted by atomic mass is 10.0. The van der Waals surface area contributed by atoms with Crippen LogP contribution in [0.3, 0.4) is 0 Å². The minimum atomic E-state index is -1.10. The van der Waals surface area contributed by atoms with E-state index in [1.54, 1.807) is 13.0 Å². The molecule has 3 N–H and O–H groups in total. The lowest BCUT2D eigenvalue weighted by molar-refractivity contribution is 0.0690. The highest BCUT2D eigenvalue weighted by atomic mass is 16.5. The molecular formula is C16H17NO4. The standard InChI is InChI=1S/C16H17NO4/c1-10-13(20-2)8-12(17)15(14(10)16(18)19)21-9-11-6-4-3-5-7-11/h3-8H,9,17H2,1-2H3,(H,18,19). The highest BCUT2D eigenvalue weighted by molar-refractivity contribution is 5.96. The minimum Gasteiger partial charge on any atom is -0.496 e. The molecule has 0 radical (unpaired) electrons. The third-order valence-electron chi connectivity index (χ3n) is 3.18. The summed E-state index contributed by atoms with van der Waals surface area (Å²) in [5, 5.41) is 9.40. The first-order valence-electron chi connectivity index (χ1n) is 6.41. The Balaban J connectivity index is 2.38. The molecule has 0 fully saturated rings. The van der Waals surface area contributed by atoms with Gasteiger partial charge in [-0.05, 0) is 12.5 Å². The van der Waals surface area contributed by atoms with Crippen molar-refractivity contribution in [3.8, 4) is 11.5 Å². The second-order valence-electron chi connectivity index (χ2n) is 4.58. The summed E-state index contributed by atoms with van der Waals surface area (Å²) in [5.74, 6) is -0.497. The third-order valence-corrected chi connectivity index (χ3v) is 3.18. The van der Waals surface area contributed by atoms with E-state index in [1.807, 2.05) is 30.3 Å². The number of ether oxygens (including phenoxy) is 2. The van der Waals surface area contributed by atoms with E-state index in [1.165, 1.54) is 7.11 Å². The molecule has 110 valence electrons. The number of carboxylic acids is 1. The molecule has 0 aliphatic heterocycles. The van der Waals surface area contributed by atoms with Crippen molar-refractivity contribution in [2.45, 2.75) is 13.5 Å². The molecule has 0 heterocycles. The molecule has 0 bridgehead atoms. The van der Waals surface area contributed by atoms with Crippen LogP contribution in [0.25, 0.3) is 0 Å². The van der Waals surface area contributed by atoms with Crippen molar-refractivity contribution in [1.29, 1.82) is 0 Å². The van der Waals surface area contributed by atoms with E-state index >= 15 is 0 Å². The Hall–Kier alpha value is -2.69. The van der Waals surface area contributed by atoms with Crippen molar-refractivity contribution >= 4 is 11.7 Å². The van der Waals surface area contributed by atoms with Crippen LogP contribution in [-0.2, 0) is 6.61 Å². The molecule has 5 heteroatoms. The van der Waals surface area contributed by atoms with Crippen LogP contribution in [0.4, 0.5) is 5.69 Å². The number of carbonyl (C=O) groups is 1. The zero-order valence-electron chi connectivity index (χ0n) is 11.9. The Labute approximate surface area is 122 Å². The predicted octanol–water partition coefficient (Wildman–Crippen LogP) is 2.86. The van der Waals surface area contributed by atoms with Gasteiger partial charge in [-0.3, -0.25) is 0 Å². The Bertz CT molecular complexity index is 653.